The van der Waals surface area contributed by atoms with Gasteiger partial charge in [0.2, 0.25) is 5.13 Å². The Morgan fingerprint density at radius 3 is 3.04 bits per heavy atom. The SMILES string of the molecule is COc1ccc2[nH]c(=O)c(/C=N\Nc3nc(N)c(C#N)s3)c(O)c2c1. The van der Waals surface area contributed by atoms with Crippen molar-refractivity contribution in [3.8, 4) is 17.6 Å². The van der Waals surface area contributed by atoms with E-state index in [4.69, 9.17) is 15.7 Å². The molecule has 2 heterocycles. The molecule has 0 atom stereocenters. The highest BCUT2D eigenvalue weighted by molar-refractivity contribution is 7.16. The van der Waals surface area contributed by atoms with Gasteiger partial charge in [0.15, 0.2) is 10.7 Å². The van der Waals surface area contributed by atoms with Crippen molar-refractivity contribution >= 4 is 39.4 Å². The van der Waals surface area contributed by atoms with Crippen LogP contribution in [0.25, 0.3) is 10.9 Å². The van der Waals surface area contributed by atoms with E-state index in [9.17, 15) is 9.90 Å². The molecule has 0 aliphatic carbocycles. The summed E-state index contributed by atoms with van der Waals surface area (Å²) in [5, 5.41) is 23.8. The summed E-state index contributed by atoms with van der Waals surface area (Å²) in [5.74, 6) is 0.418. The van der Waals surface area contributed by atoms with E-state index in [1.54, 1.807) is 18.2 Å². The smallest absolute Gasteiger partial charge is 0.261 e. The topological polar surface area (TPSA) is 149 Å². The Morgan fingerprint density at radius 1 is 1.56 bits per heavy atom. The number of nitrogens with zero attached hydrogens (tertiary/aromatic N) is 3. The molecule has 9 nitrogen and oxygen atoms in total. The summed E-state index contributed by atoms with van der Waals surface area (Å²) in [6.07, 6.45) is 1.16. The van der Waals surface area contributed by atoms with Crippen LogP contribution in [0.4, 0.5) is 10.9 Å². The summed E-state index contributed by atoms with van der Waals surface area (Å²) in [6.45, 7) is 0. The number of nitrogens with one attached hydrogen (secondary N) is 2. The van der Waals surface area contributed by atoms with Gasteiger partial charge >= 0.3 is 0 Å². The van der Waals surface area contributed by atoms with E-state index in [1.807, 2.05) is 6.07 Å². The number of benzene rings is 1. The van der Waals surface area contributed by atoms with Gasteiger partial charge in [0.1, 0.15) is 23.1 Å². The van der Waals surface area contributed by atoms with Gasteiger partial charge < -0.3 is 20.6 Å². The molecule has 0 saturated heterocycles. The molecule has 0 aliphatic rings. The molecule has 0 spiro atoms. The highest BCUT2D eigenvalue weighted by Crippen LogP contribution is 2.28. The predicted molar refractivity (Wildman–Crippen MR) is 95.2 cm³/mol. The first-order valence-electron chi connectivity index (χ1n) is 6.92. The van der Waals surface area contributed by atoms with Gasteiger partial charge in [0.05, 0.1) is 18.8 Å². The fraction of sp³-hybridized carbons (Fsp3) is 0.0667. The Balaban J connectivity index is 1.94. The zero-order valence-electron chi connectivity index (χ0n) is 12.9. The van der Waals surface area contributed by atoms with Crippen LogP contribution in [0.5, 0.6) is 11.5 Å². The summed E-state index contributed by atoms with van der Waals surface area (Å²) < 4.78 is 5.12. The first-order chi connectivity index (χ1) is 12.0. The van der Waals surface area contributed by atoms with Crippen LogP contribution in [-0.2, 0) is 0 Å². The largest absolute Gasteiger partial charge is 0.506 e. The number of aromatic hydroxyl groups is 1. The van der Waals surface area contributed by atoms with Crippen LogP contribution in [0.1, 0.15) is 10.4 Å². The number of methoxy groups -OCH3 is 1. The molecule has 5 N–H and O–H groups in total. The zero-order chi connectivity index (χ0) is 18.0. The van der Waals surface area contributed by atoms with Crippen LogP contribution in [0.3, 0.4) is 0 Å². The molecule has 1 aromatic carbocycles. The highest BCUT2D eigenvalue weighted by Gasteiger charge is 2.11. The summed E-state index contributed by atoms with van der Waals surface area (Å²) in [5.41, 5.74) is 8.06. The lowest BCUT2D eigenvalue weighted by molar-refractivity contribution is 0.415. The number of H-pyrrole nitrogens is 1. The Labute approximate surface area is 145 Å². The van der Waals surface area contributed by atoms with Crippen LogP contribution in [0, 0.1) is 11.3 Å². The second-order valence-corrected chi connectivity index (χ2v) is 5.84. The van der Waals surface area contributed by atoms with Crippen molar-refractivity contribution < 1.29 is 9.84 Å². The maximum atomic E-state index is 12.1. The summed E-state index contributed by atoms with van der Waals surface area (Å²) in [6, 6.07) is 6.82. The number of fused-ring (bicyclic) bond motifs is 1. The number of thiazole rings is 1. The number of pyridine rings is 1. The number of hydrazone groups is 1. The first kappa shape index (κ1) is 16.3. The quantitative estimate of drug-likeness (QED) is 0.409. The first-order valence-corrected chi connectivity index (χ1v) is 7.73. The van der Waals surface area contributed by atoms with E-state index in [0.717, 1.165) is 17.6 Å². The fourth-order valence-electron chi connectivity index (χ4n) is 2.13. The molecule has 3 aromatic rings. The van der Waals surface area contributed by atoms with E-state index in [2.05, 4.69) is 20.5 Å². The van der Waals surface area contributed by atoms with Crippen molar-refractivity contribution in [2.75, 3.05) is 18.3 Å². The van der Waals surface area contributed by atoms with E-state index >= 15 is 0 Å². The van der Waals surface area contributed by atoms with Gasteiger partial charge in [-0.05, 0) is 18.2 Å². The minimum Gasteiger partial charge on any atom is -0.506 e. The van der Waals surface area contributed by atoms with Crippen molar-refractivity contribution in [3.63, 3.8) is 0 Å². The zero-order valence-corrected chi connectivity index (χ0v) is 13.7. The van der Waals surface area contributed by atoms with Crippen LogP contribution in [-0.4, -0.2) is 28.4 Å². The van der Waals surface area contributed by atoms with Gasteiger partial charge in [-0.15, -0.1) is 0 Å². The molecular weight excluding hydrogens is 344 g/mol. The molecule has 2 aromatic heterocycles. The average molecular weight is 356 g/mol. The number of nitrogen functional groups attached to an aromatic ring is 1. The lowest BCUT2D eigenvalue weighted by atomic mass is 10.1. The average Bonchev–Trinajstić information content (AvgIpc) is 2.97. The van der Waals surface area contributed by atoms with E-state index < -0.39 is 5.56 Å². The van der Waals surface area contributed by atoms with Gasteiger partial charge in [0, 0.05) is 5.39 Å². The second kappa shape index (κ2) is 6.50. The number of anilines is 2. The molecule has 0 radical (unpaired) electrons. The number of nitrogens with two attached hydrogens (primary N) is 1. The molecular formula is C15H12N6O3S. The van der Waals surface area contributed by atoms with Gasteiger partial charge in [-0.25, -0.2) is 4.98 Å². The highest BCUT2D eigenvalue weighted by atomic mass is 32.1. The second-order valence-electron chi connectivity index (χ2n) is 4.84. The van der Waals surface area contributed by atoms with Gasteiger partial charge in [-0.3, -0.25) is 10.2 Å². The van der Waals surface area contributed by atoms with Crippen LogP contribution in [0.15, 0.2) is 28.1 Å². The lowest BCUT2D eigenvalue weighted by Crippen LogP contribution is -2.13. The van der Waals surface area contributed by atoms with E-state index in [-0.39, 0.29) is 22.0 Å². The number of ether oxygens (including phenoxy) is 1. The Kier molecular flexibility index (Phi) is 4.23. The number of aromatic nitrogens is 2. The Hall–Kier alpha value is -3.58. The molecule has 0 aliphatic heterocycles. The molecule has 25 heavy (non-hydrogen) atoms. The Morgan fingerprint density at radius 2 is 2.36 bits per heavy atom. The maximum Gasteiger partial charge on any atom is 0.261 e. The van der Waals surface area contributed by atoms with Crippen LogP contribution < -0.4 is 21.5 Å². The van der Waals surface area contributed by atoms with Gasteiger partial charge in [0.25, 0.3) is 5.56 Å². The molecule has 0 amide bonds. The summed E-state index contributed by atoms with van der Waals surface area (Å²) in [7, 11) is 1.51. The standard InChI is InChI=1S/C15H12N6O3S/c1-24-7-2-3-10-8(4-7)12(22)9(14(23)19-10)6-18-21-15-20-13(17)11(5-16)25-15/h2-4,6H,17H2,1H3,(H,20,21)(H2,19,22,23)/b18-6-. The number of rotatable bonds is 4. The number of aromatic amines is 1. The summed E-state index contributed by atoms with van der Waals surface area (Å²) in [4.78, 5) is 18.9. The molecule has 0 bridgehead atoms. The van der Waals surface area contributed by atoms with Crippen molar-refractivity contribution in [2.24, 2.45) is 5.10 Å². The third-order valence-electron chi connectivity index (χ3n) is 3.34. The van der Waals surface area contributed by atoms with Crippen LogP contribution in [0.2, 0.25) is 0 Å². The molecule has 126 valence electrons. The molecule has 0 unspecified atom stereocenters. The van der Waals surface area contributed by atoms with Gasteiger partial charge in [-0.1, -0.05) is 11.3 Å². The van der Waals surface area contributed by atoms with Crippen molar-refractivity contribution in [2.45, 2.75) is 0 Å². The third kappa shape index (κ3) is 3.08. The maximum absolute atomic E-state index is 12.1. The lowest BCUT2D eigenvalue weighted by Gasteiger charge is -2.06. The molecule has 0 saturated carbocycles. The van der Waals surface area contributed by atoms with Crippen molar-refractivity contribution in [3.05, 3.63) is 39.0 Å². The summed E-state index contributed by atoms with van der Waals surface area (Å²) >= 11 is 1.02. The molecule has 0 fully saturated rings. The van der Waals surface area contributed by atoms with Crippen molar-refractivity contribution in [1.29, 1.82) is 5.26 Å². The van der Waals surface area contributed by atoms with Crippen LogP contribution >= 0.6 is 11.3 Å². The molecule has 10 heteroatoms. The molecule has 3 rings (SSSR count). The monoisotopic (exact) mass is 356 g/mol. The third-order valence-corrected chi connectivity index (χ3v) is 4.22. The minimum absolute atomic E-state index is 0.0294. The van der Waals surface area contributed by atoms with Gasteiger partial charge in [-0.2, -0.15) is 10.4 Å². The number of nitriles is 1. The minimum atomic E-state index is -0.503. The number of hydrogen-bond donors (Lipinski definition) is 4. The predicted octanol–water partition coefficient (Wildman–Crippen LogP) is 1.60. The Bertz CT molecular complexity index is 1080. The fourth-order valence-corrected chi connectivity index (χ4v) is 2.76. The number of hydrogen-bond acceptors (Lipinski definition) is 9. The van der Waals surface area contributed by atoms with E-state index in [0.29, 0.717) is 21.8 Å². The normalized spacial score (nSPS) is 10.9. The van der Waals surface area contributed by atoms with E-state index in [1.165, 1.54) is 7.11 Å². The van der Waals surface area contributed by atoms with Crippen molar-refractivity contribution in [1.82, 2.24) is 9.97 Å².